The van der Waals surface area contributed by atoms with Crippen LogP contribution in [0.25, 0.3) is 0 Å². The molecular weight excluding hydrogens is 222 g/mol. The van der Waals surface area contributed by atoms with Gasteiger partial charge in [-0.15, -0.1) is 0 Å². The monoisotopic (exact) mass is 239 g/mol. The molecular formula is C11H17N3O3. The molecule has 0 bridgehead atoms. The number of rotatable bonds is 6. The van der Waals surface area contributed by atoms with Crippen LogP contribution in [-0.2, 0) is 4.79 Å². The van der Waals surface area contributed by atoms with Gasteiger partial charge in [0.05, 0.1) is 7.11 Å². The summed E-state index contributed by atoms with van der Waals surface area (Å²) in [5.74, 6) is 0.269. The Labute approximate surface area is 100 Å². The lowest BCUT2D eigenvalue weighted by Crippen LogP contribution is -2.22. The fourth-order valence-electron chi connectivity index (χ4n) is 1.37. The molecule has 0 unspecified atom stereocenters. The lowest BCUT2D eigenvalue weighted by molar-refractivity contribution is -0.137. The molecule has 0 aliphatic heterocycles. The van der Waals surface area contributed by atoms with Crippen molar-refractivity contribution in [3.05, 3.63) is 11.8 Å². The molecule has 1 aromatic rings. The molecule has 0 saturated carbocycles. The third kappa shape index (κ3) is 4.26. The van der Waals surface area contributed by atoms with E-state index in [-0.39, 0.29) is 6.42 Å². The van der Waals surface area contributed by atoms with Crippen LogP contribution in [0.2, 0.25) is 0 Å². The smallest absolute Gasteiger partial charge is 0.303 e. The predicted octanol–water partition coefficient (Wildman–Crippen LogP) is 1.09. The maximum absolute atomic E-state index is 10.4. The van der Waals surface area contributed by atoms with Gasteiger partial charge in [-0.05, 0) is 13.3 Å². The minimum absolute atomic E-state index is 0.146. The third-order valence-corrected chi connectivity index (χ3v) is 2.25. The normalized spacial score (nSPS) is 10.1. The summed E-state index contributed by atoms with van der Waals surface area (Å²) in [6.07, 6.45) is 0.707. The Morgan fingerprint density at radius 1 is 1.53 bits per heavy atom. The van der Waals surface area contributed by atoms with Crippen LogP contribution < -0.4 is 9.64 Å². The van der Waals surface area contributed by atoms with Gasteiger partial charge in [0, 0.05) is 31.8 Å². The highest BCUT2D eigenvalue weighted by Gasteiger charge is 2.08. The van der Waals surface area contributed by atoms with Crippen molar-refractivity contribution in [2.45, 2.75) is 19.8 Å². The zero-order valence-corrected chi connectivity index (χ0v) is 10.3. The van der Waals surface area contributed by atoms with Crippen molar-refractivity contribution in [2.24, 2.45) is 0 Å². The van der Waals surface area contributed by atoms with Crippen molar-refractivity contribution in [1.82, 2.24) is 9.97 Å². The molecule has 1 aromatic heterocycles. The molecule has 0 amide bonds. The van der Waals surface area contributed by atoms with Crippen LogP contribution in [0, 0.1) is 6.92 Å². The Bertz CT molecular complexity index is 396. The van der Waals surface area contributed by atoms with E-state index in [1.165, 1.54) is 0 Å². The molecule has 0 aromatic carbocycles. The lowest BCUT2D eigenvalue weighted by Gasteiger charge is -2.17. The van der Waals surface area contributed by atoms with E-state index in [1.807, 2.05) is 18.9 Å². The Morgan fingerprint density at radius 3 is 2.82 bits per heavy atom. The third-order valence-electron chi connectivity index (χ3n) is 2.25. The minimum Gasteiger partial charge on any atom is -0.481 e. The summed E-state index contributed by atoms with van der Waals surface area (Å²) in [7, 11) is 3.38. The number of nitrogens with zero attached hydrogens (tertiary/aromatic N) is 3. The molecule has 0 radical (unpaired) electrons. The summed E-state index contributed by atoms with van der Waals surface area (Å²) in [6, 6.07) is 1.74. The minimum atomic E-state index is -0.791. The summed E-state index contributed by atoms with van der Waals surface area (Å²) in [5, 5.41) is 8.55. The average Bonchev–Trinajstić information content (AvgIpc) is 2.27. The number of carboxylic acids is 1. The average molecular weight is 239 g/mol. The second-order valence-electron chi connectivity index (χ2n) is 3.77. The largest absolute Gasteiger partial charge is 0.481 e. The standard InChI is InChI=1S/C11H17N3O3/c1-8-7-9(17-3)13-11(12-8)14(2)6-4-5-10(15)16/h7H,4-6H2,1-3H3,(H,15,16). The fraction of sp³-hybridized carbons (Fsp3) is 0.545. The first kappa shape index (κ1) is 13.2. The maximum atomic E-state index is 10.4. The van der Waals surface area contributed by atoms with Crippen LogP contribution in [0.5, 0.6) is 5.88 Å². The Hall–Kier alpha value is -1.85. The van der Waals surface area contributed by atoms with E-state index in [4.69, 9.17) is 9.84 Å². The molecule has 17 heavy (non-hydrogen) atoms. The zero-order chi connectivity index (χ0) is 12.8. The van der Waals surface area contributed by atoms with Crippen LogP contribution in [0.15, 0.2) is 6.07 Å². The molecule has 1 N–H and O–H groups in total. The highest BCUT2D eigenvalue weighted by atomic mass is 16.5. The van der Waals surface area contributed by atoms with Gasteiger partial charge in [0.1, 0.15) is 0 Å². The molecule has 6 nitrogen and oxygen atoms in total. The van der Waals surface area contributed by atoms with Gasteiger partial charge < -0.3 is 14.7 Å². The lowest BCUT2D eigenvalue weighted by atomic mass is 10.3. The van der Waals surface area contributed by atoms with E-state index in [9.17, 15) is 4.79 Å². The maximum Gasteiger partial charge on any atom is 0.303 e. The Kier molecular flexibility index (Phi) is 4.68. The Balaban J connectivity index is 2.64. The molecule has 0 aliphatic rings. The van der Waals surface area contributed by atoms with Gasteiger partial charge in [-0.2, -0.15) is 4.98 Å². The van der Waals surface area contributed by atoms with Gasteiger partial charge in [-0.1, -0.05) is 0 Å². The van der Waals surface area contributed by atoms with Crippen molar-refractivity contribution in [3.8, 4) is 5.88 Å². The number of aryl methyl sites for hydroxylation is 1. The zero-order valence-electron chi connectivity index (χ0n) is 10.3. The summed E-state index contributed by atoms with van der Waals surface area (Å²) in [6.45, 7) is 2.46. The van der Waals surface area contributed by atoms with Gasteiger partial charge in [0.15, 0.2) is 0 Å². The van der Waals surface area contributed by atoms with E-state index in [0.29, 0.717) is 24.8 Å². The number of anilines is 1. The molecule has 94 valence electrons. The number of hydrogen-bond donors (Lipinski definition) is 1. The van der Waals surface area contributed by atoms with Crippen molar-refractivity contribution < 1.29 is 14.6 Å². The molecule has 0 spiro atoms. The van der Waals surface area contributed by atoms with E-state index in [0.717, 1.165) is 5.69 Å². The first-order valence-corrected chi connectivity index (χ1v) is 5.35. The molecule has 0 aliphatic carbocycles. The molecule has 1 rings (SSSR count). The van der Waals surface area contributed by atoms with Gasteiger partial charge in [-0.3, -0.25) is 4.79 Å². The molecule has 1 heterocycles. The summed E-state index contributed by atoms with van der Waals surface area (Å²) in [4.78, 5) is 20.7. The predicted molar refractivity (Wildman–Crippen MR) is 63.5 cm³/mol. The number of aromatic nitrogens is 2. The van der Waals surface area contributed by atoms with Crippen molar-refractivity contribution in [2.75, 3.05) is 25.6 Å². The first-order valence-electron chi connectivity index (χ1n) is 5.35. The molecule has 0 atom stereocenters. The van der Waals surface area contributed by atoms with Crippen LogP contribution in [0.3, 0.4) is 0 Å². The topological polar surface area (TPSA) is 75.5 Å². The highest BCUT2D eigenvalue weighted by Crippen LogP contribution is 2.14. The van der Waals surface area contributed by atoms with Crippen molar-refractivity contribution in [1.29, 1.82) is 0 Å². The number of methoxy groups -OCH3 is 1. The van der Waals surface area contributed by atoms with E-state index in [2.05, 4.69) is 9.97 Å². The summed E-state index contributed by atoms with van der Waals surface area (Å²) in [5.41, 5.74) is 0.817. The van der Waals surface area contributed by atoms with Crippen LogP contribution in [0.4, 0.5) is 5.95 Å². The number of ether oxygens (including phenoxy) is 1. The fourth-order valence-corrected chi connectivity index (χ4v) is 1.37. The first-order chi connectivity index (χ1) is 8.02. The number of carboxylic acid groups (broad SMARTS) is 1. The van der Waals surface area contributed by atoms with Crippen LogP contribution >= 0.6 is 0 Å². The molecule has 0 fully saturated rings. The summed E-state index contributed by atoms with van der Waals surface area (Å²) < 4.78 is 5.06. The SMILES string of the molecule is COc1cc(C)nc(N(C)CCCC(=O)O)n1. The van der Waals surface area contributed by atoms with Crippen LogP contribution in [0.1, 0.15) is 18.5 Å². The number of carbonyl (C=O) groups is 1. The quantitative estimate of drug-likeness (QED) is 0.801. The van der Waals surface area contributed by atoms with Crippen LogP contribution in [-0.4, -0.2) is 41.7 Å². The Morgan fingerprint density at radius 2 is 2.24 bits per heavy atom. The van der Waals surface area contributed by atoms with E-state index < -0.39 is 5.97 Å². The van der Waals surface area contributed by atoms with Gasteiger partial charge in [0.2, 0.25) is 11.8 Å². The number of hydrogen-bond acceptors (Lipinski definition) is 5. The van der Waals surface area contributed by atoms with Crippen molar-refractivity contribution >= 4 is 11.9 Å². The second-order valence-corrected chi connectivity index (χ2v) is 3.77. The van der Waals surface area contributed by atoms with E-state index in [1.54, 1.807) is 13.2 Å². The van der Waals surface area contributed by atoms with Crippen molar-refractivity contribution in [3.63, 3.8) is 0 Å². The van der Waals surface area contributed by atoms with E-state index >= 15 is 0 Å². The molecule has 6 heteroatoms. The highest BCUT2D eigenvalue weighted by molar-refractivity contribution is 5.66. The van der Waals surface area contributed by atoms with Gasteiger partial charge in [0.25, 0.3) is 0 Å². The van der Waals surface area contributed by atoms with Gasteiger partial charge in [-0.25, -0.2) is 4.98 Å². The second kappa shape index (κ2) is 6.03. The van der Waals surface area contributed by atoms with Gasteiger partial charge >= 0.3 is 5.97 Å². The summed E-state index contributed by atoms with van der Waals surface area (Å²) >= 11 is 0. The number of aliphatic carboxylic acids is 1. The molecule has 0 saturated heterocycles.